The van der Waals surface area contributed by atoms with Crippen molar-refractivity contribution in [2.45, 2.75) is 33.3 Å². The molecule has 0 aliphatic carbocycles. The number of aryl methyl sites for hydroxylation is 2. The summed E-state index contributed by atoms with van der Waals surface area (Å²) in [5, 5.41) is 10.7. The van der Waals surface area contributed by atoms with E-state index in [-0.39, 0.29) is 0 Å². The number of rotatable bonds is 4. The summed E-state index contributed by atoms with van der Waals surface area (Å²) >= 11 is 0. The van der Waals surface area contributed by atoms with Crippen molar-refractivity contribution in [3.8, 4) is 5.75 Å². The summed E-state index contributed by atoms with van der Waals surface area (Å²) in [5.41, 5.74) is 2.24. The Kier molecular flexibility index (Phi) is 3.72. The molecule has 0 heterocycles. The number of hydrogen-bond donors (Lipinski definition) is 0. The molecule has 0 saturated carbocycles. The van der Waals surface area contributed by atoms with Gasteiger partial charge in [0, 0.05) is 0 Å². The lowest BCUT2D eigenvalue weighted by Crippen LogP contribution is -2.39. The summed E-state index contributed by atoms with van der Waals surface area (Å²) in [6.45, 7) is 5.71. The predicted octanol–water partition coefficient (Wildman–Crippen LogP) is 1.21. The topological polar surface area (TPSA) is 49.4 Å². The van der Waals surface area contributed by atoms with Crippen molar-refractivity contribution in [3.63, 3.8) is 0 Å². The van der Waals surface area contributed by atoms with Crippen LogP contribution in [0.5, 0.6) is 5.75 Å². The van der Waals surface area contributed by atoms with Crippen LogP contribution in [0.25, 0.3) is 0 Å². The number of carbonyl (C=O) groups excluding carboxylic acids is 1. The fourth-order valence-electron chi connectivity index (χ4n) is 1.25. The van der Waals surface area contributed by atoms with Crippen molar-refractivity contribution in [1.29, 1.82) is 0 Å². The van der Waals surface area contributed by atoms with Gasteiger partial charge < -0.3 is 14.6 Å². The Bertz CT molecular complexity index is 358. The highest BCUT2D eigenvalue weighted by atomic mass is 16.5. The van der Waals surface area contributed by atoms with Crippen LogP contribution in [0.3, 0.4) is 0 Å². The van der Waals surface area contributed by atoms with Gasteiger partial charge in [0.1, 0.15) is 11.9 Å². The van der Waals surface area contributed by atoms with E-state index < -0.39 is 12.1 Å². The molecular formula is C12H15O3-. The second kappa shape index (κ2) is 4.82. The quantitative estimate of drug-likeness (QED) is 0.745. The standard InChI is InChI=1S/C12H16O3/c1-4-11(12(13)14)15-10-6-5-8(2)9(3)7-10/h5-7,11H,4H2,1-3H3,(H,13,14)/p-1/t11-/m0/s1. The van der Waals surface area contributed by atoms with Crippen LogP contribution < -0.4 is 9.84 Å². The minimum absolute atomic E-state index is 0.398. The number of ether oxygens (including phenoxy) is 1. The molecule has 0 spiro atoms. The minimum atomic E-state index is -1.17. The predicted molar refractivity (Wildman–Crippen MR) is 55.6 cm³/mol. The molecule has 1 aromatic rings. The molecule has 3 nitrogen and oxygen atoms in total. The third kappa shape index (κ3) is 2.98. The Hall–Kier alpha value is -1.51. The smallest absolute Gasteiger partial charge is 0.138 e. The van der Waals surface area contributed by atoms with Gasteiger partial charge >= 0.3 is 0 Å². The van der Waals surface area contributed by atoms with Crippen LogP contribution in [0.4, 0.5) is 0 Å². The fraction of sp³-hybridized carbons (Fsp3) is 0.417. The molecule has 82 valence electrons. The number of aliphatic carboxylic acids is 1. The van der Waals surface area contributed by atoms with Crippen molar-refractivity contribution in [3.05, 3.63) is 29.3 Å². The van der Waals surface area contributed by atoms with Gasteiger partial charge in [-0.1, -0.05) is 13.0 Å². The van der Waals surface area contributed by atoms with Crippen LogP contribution in [0.1, 0.15) is 24.5 Å². The molecule has 0 aliphatic rings. The first-order chi connectivity index (χ1) is 7.04. The van der Waals surface area contributed by atoms with Crippen molar-refractivity contribution >= 4 is 5.97 Å². The lowest BCUT2D eigenvalue weighted by Gasteiger charge is -2.18. The highest BCUT2D eigenvalue weighted by molar-refractivity contribution is 5.70. The zero-order valence-electron chi connectivity index (χ0n) is 9.24. The van der Waals surface area contributed by atoms with E-state index in [4.69, 9.17) is 4.74 Å². The van der Waals surface area contributed by atoms with Gasteiger partial charge in [-0.25, -0.2) is 0 Å². The van der Waals surface area contributed by atoms with Crippen LogP contribution in [0, 0.1) is 13.8 Å². The van der Waals surface area contributed by atoms with Crippen LogP contribution >= 0.6 is 0 Å². The lowest BCUT2D eigenvalue weighted by atomic mass is 10.1. The molecule has 0 saturated heterocycles. The van der Waals surface area contributed by atoms with Crippen LogP contribution in [0.2, 0.25) is 0 Å². The van der Waals surface area contributed by atoms with Gasteiger partial charge in [0.15, 0.2) is 0 Å². The molecule has 1 atom stereocenters. The third-order valence-corrected chi connectivity index (χ3v) is 2.39. The SMILES string of the molecule is CC[C@H](Oc1ccc(C)c(C)c1)C(=O)[O-]. The lowest BCUT2D eigenvalue weighted by molar-refractivity contribution is -0.313. The number of carboxylic acid groups (broad SMARTS) is 1. The average molecular weight is 207 g/mol. The molecule has 0 amide bonds. The van der Waals surface area contributed by atoms with E-state index in [1.165, 1.54) is 0 Å². The van der Waals surface area contributed by atoms with E-state index in [1.54, 1.807) is 13.0 Å². The van der Waals surface area contributed by atoms with Gasteiger partial charge in [-0.15, -0.1) is 0 Å². The molecule has 0 unspecified atom stereocenters. The van der Waals surface area contributed by atoms with Crippen molar-refractivity contribution in [2.24, 2.45) is 0 Å². The van der Waals surface area contributed by atoms with E-state index in [2.05, 4.69) is 0 Å². The minimum Gasteiger partial charge on any atom is -0.546 e. The van der Waals surface area contributed by atoms with E-state index in [0.29, 0.717) is 12.2 Å². The number of hydrogen-bond acceptors (Lipinski definition) is 3. The summed E-state index contributed by atoms with van der Waals surface area (Å²) in [6, 6.07) is 5.52. The van der Waals surface area contributed by atoms with Crippen molar-refractivity contribution < 1.29 is 14.6 Å². The second-order valence-electron chi connectivity index (χ2n) is 3.58. The molecule has 0 aliphatic heterocycles. The summed E-state index contributed by atoms with van der Waals surface area (Å²) in [4.78, 5) is 10.7. The van der Waals surface area contributed by atoms with Gasteiger partial charge in [0.05, 0.1) is 5.97 Å². The molecule has 1 aromatic carbocycles. The summed E-state index contributed by atoms with van der Waals surface area (Å²) in [6.07, 6.45) is -0.470. The Morgan fingerprint density at radius 2 is 2.07 bits per heavy atom. The van der Waals surface area contributed by atoms with Crippen LogP contribution in [-0.2, 0) is 4.79 Å². The molecular weight excluding hydrogens is 192 g/mol. The van der Waals surface area contributed by atoms with Crippen LogP contribution in [-0.4, -0.2) is 12.1 Å². The van der Waals surface area contributed by atoms with Gasteiger partial charge in [-0.3, -0.25) is 0 Å². The Morgan fingerprint density at radius 3 is 2.53 bits per heavy atom. The first kappa shape index (κ1) is 11.6. The Labute approximate surface area is 89.7 Å². The zero-order valence-corrected chi connectivity index (χ0v) is 9.24. The van der Waals surface area contributed by atoms with E-state index >= 15 is 0 Å². The number of carboxylic acids is 1. The Morgan fingerprint density at radius 1 is 1.40 bits per heavy atom. The molecule has 0 fully saturated rings. The summed E-state index contributed by atoms with van der Waals surface area (Å²) < 4.78 is 5.30. The van der Waals surface area contributed by atoms with E-state index in [0.717, 1.165) is 11.1 Å². The van der Waals surface area contributed by atoms with Crippen molar-refractivity contribution in [1.82, 2.24) is 0 Å². The fourth-order valence-corrected chi connectivity index (χ4v) is 1.25. The van der Waals surface area contributed by atoms with E-state index in [9.17, 15) is 9.90 Å². The normalized spacial score (nSPS) is 12.2. The molecule has 15 heavy (non-hydrogen) atoms. The summed E-state index contributed by atoms with van der Waals surface area (Å²) in [7, 11) is 0. The van der Waals surface area contributed by atoms with Gasteiger partial charge in [-0.05, 0) is 43.5 Å². The maximum Gasteiger partial charge on any atom is 0.138 e. The van der Waals surface area contributed by atoms with Gasteiger partial charge in [-0.2, -0.15) is 0 Å². The number of carbonyl (C=O) groups is 1. The summed E-state index contributed by atoms with van der Waals surface area (Å²) in [5.74, 6) is -0.593. The van der Waals surface area contributed by atoms with Crippen molar-refractivity contribution in [2.75, 3.05) is 0 Å². The van der Waals surface area contributed by atoms with Gasteiger partial charge in [0.25, 0.3) is 0 Å². The third-order valence-electron chi connectivity index (χ3n) is 2.39. The van der Waals surface area contributed by atoms with Crippen LogP contribution in [0.15, 0.2) is 18.2 Å². The average Bonchev–Trinajstić information content (AvgIpc) is 2.19. The monoisotopic (exact) mass is 207 g/mol. The Balaban J connectivity index is 2.80. The highest BCUT2D eigenvalue weighted by Gasteiger charge is 2.09. The maximum absolute atomic E-state index is 10.7. The molecule has 1 rings (SSSR count). The highest BCUT2D eigenvalue weighted by Crippen LogP contribution is 2.18. The largest absolute Gasteiger partial charge is 0.546 e. The molecule has 0 bridgehead atoms. The van der Waals surface area contributed by atoms with Gasteiger partial charge in [0.2, 0.25) is 0 Å². The zero-order chi connectivity index (χ0) is 11.4. The first-order valence-corrected chi connectivity index (χ1v) is 4.99. The second-order valence-corrected chi connectivity index (χ2v) is 3.58. The molecule has 3 heteroatoms. The molecule has 0 radical (unpaired) electrons. The maximum atomic E-state index is 10.7. The van der Waals surface area contributed by atoms with E-state index in [1.807, 2.05) is 26.0 Å². The molecule has 0 N–H and O–H groups in total. The molecule has 0 aromatic heterocycles. The first-order valence-electron chi connectivity index (χ1n) is 4.99. The number of benzene rings is 1.